The SMILES string of the molecule is Cc1ccc(C(C)n2cncc2-c2ccc(N)nc2)s1. The highest BCUT2D eigenvalue weighted by molar-refractivity contribution is 7.12. The minimum atomic E-state index is 0.253. The predicted molar refractivity (Wildman–Crippen MR) is 82.7 cm³/mol. The summed E-state index contributed by atoms with van der Waals surface area (Å²) in [6, 6.07) is 8.37. The first kappa shape index (κ1) is 12.9. The Morgan fingerprint density at radius 3 is 2.70 bits per heavy atom. The molecule has 1 unspecified atom stereocenters. The molecule has 0 aliphatic carbocycles. The van der Waals surface area contributed by atoms with Gasteiger partial charge in [-0.2, -0.15) is 0 Å². The van der Waals surface area contributed by atoms with E-state index in [-0.39, 0.29) is 6.04 Å². The lowest BCUT2D eigenvalue weighted by atomic mass is 10.2. The van der Waals surface area contributed by atoms with Crippen LogP contribution < -0.4 is 5.73 Å². The normalized spacial score (nSPS) is 12.5. The molecular formula is C15H16N4S. The molecule has 3 aromatic rings. The number of hydrogen-bond acceptors (Lipinski definition) is 4. The Morgan fingerprint density at radius 2 is 2.05 bits per heavy atom. The molecule has 0 radical (unpaired) electrons. The molecule has 0 aliphatic rings. The average molecular weight is 284 g/mol. The number of nitrogen functional groups attached to an aromatic ring is 1. The lowest BCUT2D eigenvalue weighted by molar-refractivity contribution is 0.655. The van der Waals surface area contributed by atoms with Gasteiger partial charge in [0.1, 0.15) is 5.82 Å². The molecule has 20 heavy (non-hydrogen) atoms. The van der Waals surface area contributed by atoms with Crippen molar-refractivity contribution in [2.24, 2.45) is 0 Å². The van der Waals surface area contributed by atoms with E-state index in [0.717, 1.165) is 11.3 Å². The highest BCUT2D eigenvalue weighted by Crippen LogP contribution is 2.30. The van der Waals surface area contributed by atoms with Crippen LogP contribution in [0.1, 0.15) is 22.7 Å². The number of nitrogens with zero attached hydrogens (tertiary/aromatic N) is 3. The van der Waals surface area contributed by atoms with Crippen molar-refractivity contribution < 1.29 is 0 Å². The van der Waals surface area contributed by atoms with Crippen molar-refractivity contribution >= 4 is 17.2 Å². The first-order valence-electron chi connectivity index (χ1n) is 6.45. The molecule has 0 bridgehead atoms. The van der Waals surface area contributed by atoms with Crippen LogP contribution in [0.15, 0.2) is 43.0 Å². The van der Waals surface area contributed by atoms with Gasteiger partial charge in [-0.3, -0.25) is 0 Å². The van der Waals surface area contributed by atoms with E-state index in [1.807, 2.05) is 36.0 Å². The zero-order valence-electron chi connectivity index (χ0n) is 11.4. The summed E-state index contributed by atoms with van der Waals surface area (Å²) in [6.45, 7) is 4.31. The Bertz CT molecular complexity index is 712. The molecule has 0 amide bonds. The van der Waals surface area contributed by atoms with Crippen LogP contribution in [0, 0.1) is 6.92 Å². The maximum atomic E-state index is 5.64. The fourth-order valence-corrected chi connectivity index (χ4v) is 3.14. The molecule has 5 heteroatoms. The predicted octanol–water partition coefficient (Wildman–Crippen LogP) is 3.51. The van der Waals surface area contributed by atoms with Gasteiger partial charge < -0.3 is 10.3 Å². The molecule has 0 fully saturated rings. The molecule has 1 atom stereocenters. The van der Waals surface area contributed by atoms with Gasteiger partial charge >= 0.3 is 0 Å². The summed E-state index contributed by atoms with van der Waals surface area (Å²) in [5, 5.41) is 0. The lowest BCUT2D eigenvalue weighted by Crippen LogP contribution is -2.05. The van der Waals surface area contributed by atoms with E-state index in [1.54, 1.807) is 6.20 Å². The first-order valence-corrected chi connectivity index (χ1v) is 7.27. The van der Waals surface area contributed by atoms with Crippen LogP contribution in [0.3, 0.4) is 0 Å². The van der Waals surface area contributed by atoms with Gasteiger partial charge in [-0.05, 0) is 38.1 Å². The fraction of sp³-hybridized carbons (Fsp3) is 0.200. The standard InChI is InChI=1S/C15H16N4S/c1-10-3-5-14(20-10)11(2)19-9-17-8-13(19)12-4-6-15(16)18-7-12/h3-9,11H,1-2H3,(H2,16,18). The number of pyridine rings is 1. The molecule has 4 nitrogen and oxygen atoms in total. The van der Waals surface area contributed by atoms with Gasteiger partial charge in [-0.1, -0.05) is 0 Å². The number of hydrogen-bond donors (Lipinski definition) is 1. The molecule has 0 saturated carbocycles. The third-order valence-corrected chi connectivity index (χ3v) is 4.51. The second-order valence-electron chi connectivity index (χ2n) is 4.78. The van der Waals surface area contributed by atoms with E-state index in [1.165, 1.54) is 9.75 Å². The zero-order valence-corrected chi connectivity index (χ0v) is 12.3. The van der Waals surface area contributed by atoms with Gasteiger partial charge in [0.25, 0.3) is 0 Å². The second-order valence-corrected chi connectivity index (χ2v) is 6.10. The number of rotatable bonds is 3. The third-order valence-electron chi connectivity index (χ3n) is 3.34. The number of imidazole rings is 1. The molecular weight excluding hydrogens is 268 g/mol. The zero-order chi connectivity index (χ0) is 14.1. The van der Waals surface area contributed by atoms with Crippen molar-refractivity contribution in [3.8, 4) is 11.3 Å². The Hall–Kier alpha value is -2.14. The van der Waals surface area contributed by atoms with E-state index in [9.17, 15) is 0 Å². The van der Waals surface area contributed by atoms with E-state index in [4.69, 9.17) is 5.73 Å². The highest BCUT2D eigenvalue weighted by atomic mass is 32.1. The molecule has 0 spiro atoms. The van der Waals surface area contributed by atoms with Crippen LogP contribution in [-0.2, 0) is 0 Å². The summed E-state index contributed by atoms with van der Waals surface area (Å²) in [4.78, 5) is 11.1. The Balaban J connectivity index is 1.99. The van der Waals surface area contributed by atoms with Crippen LogP contribution in [0.2, 0.25) is 0 Å². The largest absolute Gasteiger partial charge is 0.384 e. The fourth-order valence-electron chi connectivity index (χ4n) is 2.21. The molecule has 0 aromatic carbocycles. The quantitative estimate of drug-likeness (QED) is 0.800. The molecule has 2 N–H and O–H groups in total. The van der Waals surface area contributed by atoms with Crippen molar-refractivity contribution in [2.75, 3.05) is 5.73 Å². The maximum Gasteiger partial charge on any atom is 0.123 e. The average Bonchev–Trinajstić information content (AvgIpc) is 3.07. The summed E-state index contributed by atoms with van der Waals surface area (Å²) in [5.74, 6) is 0.529. The molecule has 3 rings (SSSR count). The second kappa shape index (κ2) is 5.09. The Kier molecular flexibility index (Phi) is 3.28. The summed E-state index contributed by atoms with van der Waals surface area (Å²) in [6.07, 6.45) is 5.52. The molecule has 102 valence electrons. The van der Waals surface area contributed by atoms with Gasteiger partial charge in [0.05, 0.1) is 24.3 Å². The number of thiophene rings is 1. The molecule has 0 aliphatic heterocycles. The number of aryl methyl sites for hydroxylation is 1. The van der Waals surface area contributed by atoms with Crippen molar-refractivity contribution in [3.63, 3.8) is 0 Å². The molecule has 3 heterocycles. The summed E-state index contributed by atoms with van der Waals surface area (Å²) >= 11 is 1.82. The number of anilines is 1. The van der Waals surface area contributed by atoms with Gasteiger partial charge in [0.2, 0.25) is 0 Å². The number of aromatic nitrogens is 3. The highest BCUT2D eigenvalue weighted by Gasteiger charge is 2.14. The monoisotopic (exact) mass is 284 g/mol. The van der Waals surface area contributed by atoms with Crippen LogP contribution in [-0.4, -0.2) is 14.5 Å². The number of nitrogens with two attached hydrogens (primary N) is 1. The van der Waals surface area contributed by atoms with Crippen LogP contribution in [0.25, 0.3) is 11.3 Å². The topological polar surface area (TPSA) is 56.7 Å². The van der Waals surface area contributed by atoms with Crippen LogP contribution in [0.5, 0.6) is 0 Å². The van der Waals surface area contributed by atoms with Gasteiger partial charge in [0.15, 0.2) is 0 Å². The van der Waals surface area contributed by atoms with Gasteiger partial charge in [-0.25, -0.2) is 9.97 Å². The van der Waals surface area contributed by atoms with Crippen molar-refractivity contribution in [3.05, 3.63) is 52.7 Å². The maximum absolute atomic E-state index is 5.64. The minimum Gasteiger partial charge on any atom is -0.384 e. The summed E-state index contributed by atoms with van der Waals surface area (Å²) in [5.41, 5.74) is 7.72. The first-order chi connectivity index (χ1) is 9.65. The van der Waals surface area contributed by atoms with Crippen LogP contribution >= 0.6 is 11.3 Å². The third kappa shape index (κ3) is 2.32. The smallest absolute Gasteiger partial charge is 0.123 e. The minimum absolute atomic E-state index is 0.253. The van der Waals surface area contributed by atoms with E-state index in [2.05, 4.69) is 40.5 Å². The van der Waals surface area contributed by atoms with Crippen LogP contribution in [0.4, 0.5) is 5.82 Å². The molecule has 0 saturated heterocycles. The van der Waals surface area contributed by atoms with Crippen molar-refractivity contribution in [1.82, 2.24) is 14.5 Å². The Morgan fingerprint density at radius 1 is 1.20 bits per heavy atom. The summed E-state index contributed by atoms with van der Waals surface area (Å²) < 4.78 is 2.17. The van der Waals surface area contributed by atoms with E-state index < -0.39 is 0 Å². The molecule has 3 aromatic heterocycles. The van der Waals surface area contributed by atoms with E-state index in [0.29, 0.717) is 5.82 Å². The van der Waals surface area contributed by atoms with Crippen molar-refractivity contribution in [1.29, 1.82) is 0 Å². The summed E-state index contributed by atoms with van der Waals surface area (Å²) in [7, 11) is 0. The Labute approximate surface area is 121 Å². The van der Waals surface area contributed by atoms with Gasteiger partial charge in [-0.15, -0.1) is 11.3 Å². The van der Waals surface area contributed by atoms with Crippen molar-refractivity contribution in [2.45, 2.75) is 19.9 Å². The van der Waals surface area contributed by atoms with E-state index >= 15 is 0 Å². The lowest BCUT2D eigenvalue weighted by Gasteiger charge is -2.15. The van der Waals surface area contributed by atoms with Gasteiger partial charge in [0, 0.05) is 21.5 Å².